The summed E-state index contributed by atoms with van der Waals surface area (Å²) in [6.07, 6.45) is 5.71. The van der Waals surface area contributed by atoms with Crippen molar-refractivity contribution in [1.82, 2.24) is 9.55 Å². The molecule has 0 bridgehead atoms. The zero-order chi connectivity index (χ0) is 12.1. The Bertz CT molecular complexity index is 342. The third-order valence-electron chi connectivity index (χ3n) is 3.19. The van der Waals surface area contributed by atoms with Gasteiger partial charge in [0.25, 0.3) is 0 Å². The summed E-state index contributed by atoms with van der Waals surface area (Å²) in [5, 5.41) is 3.42. The van der Waals surface area contributed by atoms with Crippen LogP contribution in [0.5, 0.6) is 0 Å². The topological polar surface area (TPSA) is 39.1 Å². The van der Waals surface area contributed by atoms with Crippen molar-refractivity contribution in [3.8, 4) is 0 Å². The lowest BCUT2D eigenvalue weighted by atomic mass is 10.1. The quantitative estimate of drug-likeness (QED) is 0.772. The van der Waals surface area contributed by atoms with Gasteiger partial charge < -0.3 is 14.6 Å². The molecule has 0 aromatic carbocycles. The van der Waals surface area contributed by atoms with Crippen molar-refractivity contribution in [1.29, 1.82) is 0 Å². The van der Waals surface area contributed by atoms with Gasteiger partial charge in [-0.3, -0.25) is 0 Å². The molecule has 2 rings (SSSR count). The molecule has 2 heterocycles. The van der Waals surface area contributed by atoms with Crippen LogP contribution in [-0.2, 0) is 11.3 Å². The molecule has 0 amide bonds. The second-order valence-electron chi connectivity index (χ2n) is 4.87. The number of unbranched alkanes of at least 4 members (excludes halogenated alkanes) is 1. The SMILES string of the molecule is CCCCNc1nc(C)cn1CC1CCOC1. The summed E-state index contributed by atoms with van der Waals surface area (Å²) in [4.78, 5) is 4.54. The van der Waals surface area contributed by atoms with Crippen molar-refractivity contribution in [3.05, 3.63) is 11.9 Å². The molecule has 96 valence electrons. The van der Waals surface area contributed by atoms with Gasteiger partial charge in [-0.05, 0) is 19.8 Å². The number of aromatic nitrogens is 2. The summed E-state index contributed by atoms with van der Waals surface area (Å²) in [5.41, 5.74) is 1.09. The minimum absolute atomic E-state index is 0.648. The van der Waals surface area contributed by atoms with E-state index in [2.05, 4.69) is 28.0 Å². The van der Waals surface area contributed by atoms with Crippen LogP contribution in [0.2, 0.25) is 0 Å². The fraction of sp³-hybridized carbons (Fsp3) is 0.769. The van der Waals surface area contributed by atoms with Gasteiger partial charge in [0.15, 0.2) is 0 Å². The molecule has 1 aliphatic rings. The van der Waals surface area contributed by atoms with E-state index in [1.54, 1.807) is 0 Å². The molecule has 0 radical (unpaired) electrons. The molecule has 4 nitrogen and oxygen atoms in total. The zero-order valence-corrected chi connectivity index (χ0v) is 10.9. The van der Waals surface area contributed by atoms with E-state index in [4.69, 9.17) is 4.74 Å². The smallest absolute Gasteiger partial charge is 0.203 e. The third kappa shape index (κ3) is 3.46. The van der Waals surface area contributed by atoms with Crippen molar-refractivity contribution in [2.75, 3.05) is 25.1 Å². The Labute approximate surface area is 103 Å². The van der Waals surface area contributed by atoms with Crippen LogP contribution in [-0.4, -0.2) is 29.3 Å². The fourth-order valence-electron chi connectivity index (χ4n) is 2.21. The molecule has 17 heavy (non-hydrogen) atoms. The van der Waals surface area contributed by atoms with E-state index in [1.165, 1.54) is 19.3 Å². The lowest BCUT2D eigenvalue weighted by Crippen LogP contribution is -2.14. The first kappa shape index (κ1) is 12.4. The van der Waals surface area contributed by atoms with Crippen molar-refractivity contribution in [2.24, 2.45) is 5.92 Å². The van der Waals surface area contributed by atoms with Gasteiger partial charge in [-0.25, -0.2) is 4.98 Å². The molecular formula is C13H23N3O. The summed E-state index contributed by atoms with van der Waals surface area (Å²) in [7, 11) is 0. The maximum atomic E-state index is 5.42. The van der Waals surface area contributed by atoms with Gasteiger partial charge in [0.2, 0.25) is 5.95 Å². The van der Waals surface area contributed by atoms with E-state index in [9.17, 15) is 0 Å². The van der Waals surface area contributed by atoms with Crippen molar-refractivity contribution in [2.45, 2.75) is 39.7 Å². The minimum atomic E-state index is 0.648. The largest absolute Gasteiger partial charge is 0.381 e. The molecule has 1 aliphatic heterocycles. The summed E-state index contributed by atoms with van der Waals surface area (Å²) >= 11 is 0. The number of anilines is 1. The number of hydrogen-bond donors (Lipinski definition) is 1. The van der Waals surface area contributed by atoms with Crippen LogP contribution in [0.15, 0.2) is 6.20 Å². The Kier molecular flexibility index (Phi) is 4.42. The summed E-state index contributed by atoms with van der Waals surface area (Å²) in [6, 6.07) is 0. The van der Waals surface area contributed by atoms with Gasteiger partial charge in [-0.2, -0.15) is 0 Å². The van der Waals surface area contributed by atoms with E-state index >= 15 is 0 Å². The number of ether oxygens (including phenoxy) is 1. The highest BCUT2D eigenvalue weighted by Crippen LogP contribution is 2.18. The first-order chi connectivity index (χ1) is 8.29. The molecule has 1 atom stereocenters. The lowest BCUT2D eigenvalue weighted by Gasteiger charge is -2.12. The highest BCUT2D eigenvalue weighted by molar-refractivity contribution is 5.28. The van der Waals surface area contributed by atoms with Gasteiger partial charge in [0.1, 0.15) is 0 Å². The minimum Gasteiger partial charge on any atom is -0.381 e. The van der Waals surface area contributed by atoms with E-state index in [1.807, 2.05) is 6.92 Å². The van der Waals surface area contributed by atoms with Crippen molar-refractivity contribution >= 4 is 5.95 Å². The molecule has 1 aromatic rings. The highest BCUT2D eigenvalue weighted by atomic mass is 16.5. The Hall–Kier alpha value is -1.03. The number of rotatable bonds is 6. The maximum Gasteiger partial charge on any atom is 0.203 e. The van der Waals surface area contributed by atoms with E-state index in [0.29, 0.717) is 5.92 Å². The van der Waals surface area contributed by atoms with Crippen LogP contribution < -0.4 is 5.32 Å². The van der Waals surface area contributed by atoms with E-state index < -0.39 is 0 Å². The Morgan fingerprint density at radius 2 is 2.47 bits per heavy atom. The van der Waals surface area contributed by atoms with Gasteiger partial charge in [0.05, 0.1) is 12.3 Å². The monoisotopic (exact) mass is 237 g/mol. The predicted molar refractivity (Wildman–Crippen MR) is 69.3 cm³/mol. The van der Waals surface area contributed by atoms with Crippen LogP contribution in [0.4, 0.5) is 5.95 Å². The van der Waals surface area contributed by atoms with Gasteiger partial charge in [-0.1, -0.05) is 13.3 Å². The number of imidazole rings is 1. The maximum absolute atomic E-state index is 5.42. The molecule has 1 N–H and O–H groups in total. The van der Waals surface area contributed by atoms with Crippen molar-refractivity contribution in [3.63, 3.8) is 0 Å². The molecule has 0 aliphatic carbocycles. The third-order valence-corrected chi connectivity index (χ3v) is 3.19. The van der Waals surface area contributed by atoms with Gasteiger partial charge in [0, 0.05) is 31.8 Å². The Morgan fingerprint density at radius 3 is 3.18 bits per heavy atom. The molecule has 4 heteroatoms. The van der Waals surface area contributed by atoms with Gasteiger partial charge in [-0.15, -0.1) is 0 Å². The fourth-order valence-corrected chi connectivity index (χ4v) is 2.21. The molecule has 1 unspecified atom stereocenters. The number of aryl methyl sites for hydroxylation is 1. The first-order valence-corrected chi connectivity index (χ1v) is 6.65. The Balaban J connectivity index is 1.94. The summed E-state index contributed by atoms with van der Waals surface area (Å²) in [5.74, 6) is 1.66. The average molecular weight is 237 g/mol. The normalized spacial score (nSPS) is 19.8. The standard InChI is InChI=1S/C13H23N3O/c1-3-4-6-14-13-15-11(2)8-16(13)9-12-5-7-17-10-12/h8,12H,3-7,9-10H2,1-2H3,(H,14,15). The molecule has 1 aromatic heterocycles. The molecule has 0 saturated carbocycles. The zero-order valence-electron chi connectivity index (χ0n) is 10.9. The molecular weight excluding hydrogens is 214 g/mol. The molecule has 1 saturated heterocycles. The number of nitrogens with zero attached hydrogens (tertiary/aromatic N) is 2. The van der Waals surface area contributed by atoms with Crippen LogP contribution in [0.1, 0.15) is 31.9 Å². The van der Waals surface area contributed by atoms with Crippen LogP contribution >= 0.6 is 0 Å². The summed E-state index contributed by atoms with van der Waals surface area (Å²) < 4.78 is 7.66. The van der Waals surface area contributed by atoms with Gasteiger partial charge >= 0.3 is 0 Å². The van der Waals surface area contributed by atoms with Crippen LogP contribution in [0.25, 0.3) is 0 Å². The number of hydrogen-bond acceptors (Lipinski definition) is 3. The second kappa shape index (κ2) is 6.05. The van der Waals surface area contributed by atoms with Crippen molar-refractivity contribution < 1.29 is 4.74 Å². The molecule has 1 fully saturated rings. The van der Waals surface area contributed by atoms with E-state index in [0.717, 1.165) is 37.9 Å². The number of nitrogens with one attached hydrogen (secondary N) is 1. The van der Waals surface area contributed by atoms with E-state index in [-0.39, 0.29) is 0 Å². The Morgan fingerprint density at radius 1 is 1.59 bits per heavy atom. The second-order valence-corrected chi connectivity index (χ2v) is 4.87. The lowest BCUT2D eigenvalue weighted by molar-refractivity contribution is 0.182. The molecule has 0 spiro atoms. The predicted octanol–water partition coefficient (Wildman–Crippen LogP) is 2.44. The summed E-state index contributed by atoms with van der Waals surface area (Å²) in [6.45, 7) is 8.09. The van der Waals surface area contributed by atoms with Crippen LogP contribution in [0, 0.1) is 12.8 Å². The highest BCUT2D eigenvalue weighted by Gasteiger charge is 2.17. The first-order valence-electron chi connectivity index (χ1n) is 6.65. The van der Waals surface area contributed by atoms with Crippen LogP contribution in [0.3, 0.4) is 0 Å². The average Bonchev–Trinajstić information content (AvgIpc) is 2.90.